The Kier molecular flexibility index (Phi) is 3.19. The highest BCUT2D eigenvalue weighted by molar-refractivity contribution is 6.58. The highest BCUT2D eigenvalue weighted by Gasteiger charge is 2.19. The third-order valence-corrected chi connectivity index (χ3v) is 6.55. The van der Waals surface area contributed by atoms with Gasteiger partial charge in [0, 0.05) is 5.52 Å². The van der Waals surface area contributed by atoms with Gasteiger partial charge in [-0.05, 0) is 30.1 Å². The molecule has 2 aromatic rings. The lowest BCUT2D eigenvalue weighted by Crippen LogP contribution is -2.22. The lowest BCUT2D eigenvalue weighted by Gasteiger charge is -2.13. The lowest BCUT2D eigenvalue weighted by atomic mass is 10.2. The average molecular weight is 215 g/mol. The average Bonchev–Trinajstić information content (AvgIpc) is 2.58. The Balaban J connectivity index is 2.62. The monoisotopic (exact) mass is 215 g/mol. The maximum absolute atomic E-state index is 2.62. The van der Waals surface area contributed by atoms with Gasteiger partial charge < -0.3 is 3.55 Å². The van der Waals surface area contributed by atoms with Crippen LogP contribution in [0.15, 0.2) is 30.3 Å². The number of hydrogen-bond acceptors (Lipinski definition) is 0. The van der Waals surface area contributed by atoms with Crippen LogP contribution in [0.4, 0.5) is 0 Å². The van der Waals surface area contributed by atoms with E-state index in [1.54, 1.807) is 0 Å². The van der Waals surface area contributed by atoms with Crippen LogP contribution >= 0.6 is 0 Å². The normalized spacial score (nSPS) is 10.9. The van der Waals surface area contributed by atoms with E-state index < -0.39 is 14.4 Å². The Hall–Kier alpha value is -0.708. The topological polar surface area (TPSA) is 4.93 Å². The molecule has 15 heavy (non-hydrogen) atoms. The zero-order valence-corrected chi connectivity index (χ0v) is 11.0. The molecule has 0 amide bonds. The van der Waals surface area contributed by atoms with Gasteiger partial charge in [-0.15, -0.1) is 0 Å². The van der Waals surface area contributed by atoms with E-state index >= 15 is 0 Å². The molecule has 2 rings (SSSR count). The fraction of sp³-hybridized carbons (Fsp3) is 0.385. The van der Waals surface area contributed by atoms with Crippen molar-refractivity contribution < 1.29 is 0 Å². The summed E-state index contributed by atoms with van der Waals surface area (Å²) in [5, 5.41) is 4.08. The minimum absolute atomic E-state index is 0.774. The van der Waals surface area contributed by atoms with Crippen LogP contribution in [-0.4, -0.2) is 17.9 Å². The van der Waals surface area contributed by atoms with E-state index in [1.807, 2.05) is 0 Å². The molecule has 2 heteroatoms. The molecular weight excluding hydrogens is 197 g/mol. The summed E-state index contributed by atoms with van der Waals surface area (Å²) < 4.78 is 2.62. The summed E-state index contributed by atoms with van der Waals surface area (Å²) in [7, 11) is 0. The van der Waals surface area contributed by atoms with Crippen molar-refractivity contribution in [1.29, 1.82) is 0 Å². The van der Waals surface area contributed by atoms with E-state index in [4.69, 9.17) is 0 Å². The molecule has 0 bridgehead atoms. The molecule has 0 saturated heterocycles. The van der Waals surface area contributed by atoms with Crippen molar-refractivity contribution in [3.8, 4) is 0 Å². The van der Waals surface area contributed by atoms with Crippen molar-refractivity contribution in [2.24, 2.45) is 0 Å². The molecule has 0 aliphatic carbocycles. The second kappa shape index (κ2) is 4.43. The van der Waals surface area contributed by atoms with Gasteiger partial charge in [0.05, 0.1) is 0 Å². The summed E-state index contributed by atoms with van der Waals surface area (Å²) in [5.41, 5.74) is 2.88. The number of nitrogens with zero attached hydrogens (tertiary/aromatic N) is 1. The van der Waals surface area contributed by atoms with Crippen molar-refractivity contribution in [2.75, 3.05) is 0 Å². The standard InChI is InChI=1S/C9H8N.2C2H5.Al/c1-7-6-8-4-2-3-5-9(8)10-7;2*1-2;/h2-6H,1H3;2*1H2,2H3;/q-1;;;+1. The Labute approximate surface area is 96.3 Å². The van der Waals surface area contributed by atoms with E-state index in [9.17, 15) is 0 Å². The first-order valence-electron chi connectivity index (χ1n) is 5.84. The van der Waals surface area contributed by atoms with Gasteiger partial charge in [0.25, 0.3) is 0 Å². The van der Waals surface area contributed by atoms with Gasteiger partial charge in [0.2, 0.25) is 0 Å². The van der Waals surface area contributed by atoms with E-state index in [-0.39, 0.29) is 0 Å². The summed E-state index contributed by atoms with van der Waals surface area (Å²) in [4.78, 5) is 0. The fourth-order valence-corrected chi connectivity index (χ4v) is 5.04. The van der Waals surface area contributed by atoms with Crippen LogP contribution in [0.3, 0.4) is 0 Å². The van der Waals surface area contributed by atoms with Gasteiger partial charge in [-0.1, -0.05) is 42.6 Å². The molecule has 78 valence electrons. The summed E-state index contributed by atoms with van der Waals surface area (Å²) in [6, 6.07) is 11.1. The number of rotatable bonds is 3. The first-order chi connectivity index (χ1) is 7.27. The van der Waals surface area contributed by atoms with Crippen molar-refractivity contribution in [1.82, 2.24) is 3.55 Å². The van der Waals surface area contributed by atoms with E-state index in [2.05, 4.69) is 54.7 Å². The molecule has 1 aromatic carbocycles. The molecule has 0 N–H and O–H groups in total. The van der Waals surface area contributed by atoms with Crippen LogP contribution < -0.4 is 0 Å². The van der Waals surface area contributed by atoms with Crippen molar-refractivity contribution >= 4 is 25.3 Å². The maximum atomic E-state index is 2.62. The number of aromatic nitrogens is 1. The molecule has 0 radical (unpaired) electrons. The Morgan fingerprint density at radius 3 is 2.47 bits per heavy atom. The van der Waals surface area contributed by atoms with Crippen LogP contribution in [0.2, 0.25) is 10.6 Å². The Morgan fingerprint density at radius 2 is 1.80 bits per heavy atom. The zero-order chi connectivity index (χ0) is 10.8. The third-order valence-electron chi connectivity index (χ3n) is 3.25. The van der Waals surface area contributed by atoms with Gasteiger partial charge in [-0.3, -0.25) is 0 Å². The number of para-hydroxylation sites is 1. The summed E-state index contributed by atoms with van der Waals surface area (Å²) in [6.07, 6.45) is 0. The lowest BCUT2D eigenvalue weighted by molar-refractivity contribution is 1.09. The minimum Gasteiger partial charge on any atom is -0.437 e. The summed E-state index contributed by atoms with van der Waals surface area (Å²) in [6.45, 7) is 6.90. The van der Waals surface area contributed by atoms with Gasteiger partial charge in [-0.2, -0.15) is 0 Å². The van der Waals surface area contributed by atoms with E-state index in [0.29, 0.717) is 0 Å². The quantitative estimate of drug-likeness (QED) is 0.686. The first-order valence-corrected chi connectivity index (χ1v) is 7.99. The molecule has 0 aliphatic heterocycles. The predicted molar refractivity (Wildman–Crippen MR) is 68.8 cm³/mol. The van der Waals surface area contributed by atoms with E-state index in [1.165, 1.54) is 27.2 Å². The first kappa shape index (κ1) is 10.8. The van der Waals surface area contributed by atoms with E-state index in [0.717, 1.165) is 0 Å². The SMILES string of the molecule is C[CH2][Al]([CH2]C)[n]1c(C)cc2ccccc21. The van der Waals surface area contributed by atoms with Crippen LogP contribution in [0, 0.1) is 6.92 Å². The fourth-order valence-electron chi connectivity index (χ4n) is 2.45. The van der Waals surface area contributed by atoms with Crippen LogP contribution in [0.1, 0.15) is 19.5 Å². The van der Waals surface area contributed by atoms with Crippen LogP contribution in [0.25, 0.3) is 10.9 Å². The molecule has 0 unspecified atom stereocenters. The van der Waals surface area contributed by atoms with Gasteiger partial charge in [-0.25, -0.2) is 0 Å². The number of aryl methyl sites for hydroxylation is 1. The molecule has 0 aliphatic rings. The van der Waals surface area contributed by atoms with Crippen LogP contribution in [0.5, 0.6) is 0 Å². The molecule has 1 heterocycles. The van der Waals surface area contributed by atoms with Gasteiger partial charge >= 0.3 is 14.4 Å². The molecule has 0 spiro atoms. The molecule has 0 fully saturated rings. The van der Waals surface area contributed by atoms with Crippen molar-refractivity contribution in [2.45, 2.75) is 31.3 Å². The second-order valence-electron chi connectivity index (χ2n) is 4.18. The predicted octanol–water partition coefficient (Wildman–Crippen LogP) is 3.83. The van der Waals surface area contributed by atoms with Gasteiger partial charge in [0.1, 0.15) is 0 Å². The highest BCUT2D eigenvalue weighted by Crippen LogP contribution is 2.21. The Morgan fingerprint density at radius 1 is 1.13 bits per heavy atom. The molecular formula is C13H18AlN. The summed E-state index contributed by atoms with van der Waals surface area (Å²) in [5.74, 6) is 0. The highest BCUT2D eigenvalue weighted by atomic mass is 27.2. The largest absolute Gasteiger partial charge is 0.437 e. The van der Waals surface area contributed by atoms with Crippen LogP contribution in [-0.2, 0) is 0 Å². The minimum atomic E-state index is -0.774. The van der Waals surface area contributed by atoms with Crippen molar-refractivity contribution in [3.63, 3.8) is 0 Å². The van der Waals surface area contributed by atoms with Crippen molar-refractivity contribution in [3.05, 3.63) is 36.0 Å². The molecule has 0 atom stereocenters. The third kappa shape index (κ3) is 1.85. The second-order valence-corrected chi connectivity index (χ2v) is 7.64. The Bertz CT molecular complexity index is 455. The molecule has 1 aromatic heterocycles. The number of benzene rings is 1. The maximum Gasteiger partial charge on any atom is 0.418 e. The molecule has 0 saturated carbocycles. The van der Waals surface area contributed by atoms with Gasteiger partial charge in [0.15, 0.2) is 0 Å². The summed E-state index contributed by atoms with van der Waals surface area (Å²) >= 11 is -0.774. The number of hydrogen-bond donors (Lipinski definition) is 0. The molecule has 1 nitrogen and oxygen atoms in total. The number of fused-ring (bicyclic) bond motifs is 1. The smallest absolute Gasteiger partial charge is 0.418 e. The zero-order valence-electron chi connectivity index (χ0n) is 9.83.